The zero-order valence-electron chi connectivity index (χ0n) is 15.5. The van der Waals surface area contributed by atoms with Crippen molar-refractivity contribution in [2.45, 2.75) is 19.6 Å². The second-order valence-corrected chi connectivity index (χ2v) is 5.89. The second kappa shape index (κ2) is 10.2. The minimum Gasteiger partial charge on any atom is -0.349 e. The van der Waals surface area contributed by atoms with E-state index in [0.29, 0.717) is 12.5 Å². The zero-order chi connectivity index (χ0) is 19.2. The zero-order valence-corrected chi connectivity index (χ0v) is 17.8. The van der Waals surface area contributed by atoms with Gasteiger partial charge in [0.1, 0.15) is 11.6 Å². The molecule has 0 saturated heterocycles. The maximum Gasteiger partial charge on any atom is 0.319 e. The highest BCUT2D eigenvalue weighted by molar-refractivity contribution is 14.0. The molecule has 0 spiro atoms. The summed E-state index contributed by atoms with van der Waals surface area (Å²) in [5.41, 5.74) is 1.99. The first-order valence-electron chi connectivity index (χ1n) is 8.39. The summed E-state index contributed by atoms with van der Waals surface area (Å²) in [6, 6.07) is 9.91. The second-order valence-electron chi connectivity index (χ2n) is 5.89. The van der Waals surface area contributed by atoms with E-state index in [1.54, 1.807) is 13.2 Å². The minimum atomic E-state index is -2.62. The van der Waals surface area contributed by atoms with Gasteiger partial charge in [0.2, 0.25) is 0 Å². The van der Waals surface area contributed by atoms with Crippen molar-refractivity contribution in [2.75, 3.05) is 14.1 Å². The molecule has 2 N–H and O–H groups in total. The van der Waals surface area contributed by atoms with E-state index in [0.717, 1.165) is 21.6 Å². The smallest absolute Gasteiger partial charge is 0.319 e. The van der Waals surface area contributed by atoms with Gasteiger partial charge >= 0.3 is 6.55 Å². The van der Waals surface area contributed by atoms with Crippen LogP contribution in [0.3, 0.4) is 0 Å². The van der Waals surface area contributed by atoms with Gasteiger partial charge in [-0.25, -0.2) is 9.97 Å². The van der Waals surface area contributed by atoms with Gasteiger partial charge in [-0.15, -0.1) is 24.0 Å². The molecule has 2 heterocycles. The first kappa shape index (κ1) is 21.8. The molecule has 0 radical (unpaired) electrons. The van der Waals surface area contributed by atoms with Gasteiger partial charge in [-0.05, 0) is 5.56 Å². The lowest BCUT2D eigenvalue weighted by Gasteiger charge is -2.21. The van der Waals surface area contributed by atoms with Crippen molar-refractivity contribution in [3.63, 3.8) is 0 Å². The van der Waals surface area contributed by atoms with Crippen LogP contribution in [0.25, 0.3) is 11.3 Å². The fourth-order valence-electron chi connectivity index (χ4n) is 2.71. The summed E-state index contributed by atoms with van der Waals surface area (Å²) >= 11 is 0. The number of hydrogen-bond acceptors (Lipinski definition) is 3. The maximum atomic E-state index is 12.9. The quantitative estimate of drug-likeness (QED) is 0.308. The number of benzene rings is 1. The molecule has 0 fully saturated rings. The Morgan fingerprint density at radius 2 is 2.04 bits per heavy atom. The van der Waals surface area contributed by atoms with Crippen molar-refractivity contribution >= 4 is 29.9 Å². The van der Waals surface area contributed by atoms with Crippen LogP contribution in [0.15, 0.2) is 53.9 Å². The molecular weight excluding hydrogens is 479 g/mol. The van der Waals surface area contributed by atoms with E-state index in [-0.39, 0.29) is 36.3 Å². The van der Waals surface area contributed by atoms with E-state index >= 15 is 0 Å². The summed E-state index contributed by atoms with van der Waals surface area (Å²) in [7, 11) is 3.48. The first-order chi connectivity index (χ1) is 13.1. The molecule has 0 amide bonds. The lowest BCUT2D eigenvalue weighted by atomic mass is 10.2. The van der Waals surface area contributed by atoms with Crippen LogP contribution in [-0.2, 0) is 13.1 Å². The molecule has 0 unspecified atom stereocenters. The molecular formula is C18H22F2IN7. The average Bonchev–Trinajstić information content (AvgIpc) is 3.32. The Labute approximate surface area is 178 Å². The van der Waals surface area contributed by atoms with Gasteiger partial charge in [-0.1, -0.05) is 30.3 Å². The van der Waals surface area contributed by atoms with Crippen LogP contribution < -0.4 is 5.32 Å². The number of nitrogens with one attached hydrogen (secondary N) is 2. The highest BCUT2D eigenvalue weighted by Crippen LogP contribution is 2.16. The van der Waals surface area contributed by atoms with Gasteiger partial charge in [0.25, 0.3) is 0 Å². The van der Waals surface area contributed by atoms with Gasteiger partial charge < -0.3 is 15.2 Å². The largest absolute Gasteiger partial charge is 0.349 e. The van der Waals surface area contributed by atoms with Crippen LogP contribution in [0, 0.1) is 0 Å². The Kier molecular flexibility index (Phi) is 7.91. The molecule has 0 bridgehead atoms. The van der Waals surface area contributed by atoms with Crippen LogP contribution in [0.1, 0.15) is 18.2 Å². The average molecular weight is 501 g/mol. The van der Waals surface area contributed by atoms with Crippen LogP contribution in [-0.4, -0.2) is 44.5 Å². The van der Waals surface area contributed by atoms with E-state index in [1.807, 2.05) is 42.3 Å². The predicted molar refractivity (Wildman–Crippen MR) is 115 cm³/mol. The number of aromatic amines is 1. The molecule has 28 heavy (non-hydrogen) atoms. The topological polar surface area (TPSA) is 74.1 Å². The third-order valence-electron chi connectivity index (χ3n) is 4.04. The maximum absolute atomic E-state index is 12.9. The Morgan fingerprint density at radius 3 is 2.71 bits per heavy atom. The third-order valence-corrected chi connectivity index (χ3v) is 4.04. The van der Waals surface area contributed by atoms with Crippen molar-refractivity contribution in [3.05, 3.63) is 60.6 Å². The van der Waals surface area contributed by atoms with Crippen molar-refractivity contribution in [3.8, 4) is 11.3 Å². The van der Waals surface area contributed by atoms with Crippen molar-refractivity contribution in [2.24, 2.45) is 4.99 Å². The van der Waals surface area contributed by atoms with Gasteiger partial charge in [0, 0.05) is 26.5 Å². The van der Waals surface area contributed by atoms with E-state index in [4.69, 9.17) is 0 Å². The van der Waals surface area contributed by atoms with Crippen LogP contribution in [0.5, 0.6) is 0 Å². The van der Waals surface area contributed by atoms with E-state index in [9.17, 15) is 8.78 Å². The number of guanidine groups is 1. The number of aliphatic imine (C=N–C) groups is 1. The number of nitrogens with zero attached hydrogens (tertiary/aromatic N) is 5. The highest BCUT2D eigenvalue weighted by Gasteiger charge is 2.14. The molecule has 3 aromatic rings. The number of H-pyrrole nitrogens is 1. The van der Waals surface area contributed by atoms with Crippen LogP contribution in [0.2, 0.25) is 0 Å². The molecule has 150 valence electrons. The van der Waals surface area contributed by atoms with Gasteiger partial charge in [0.15, 0.2) is 5.96 Å². The highest BCUT2D eigenvalue weighted by atomic mass is 127. The summed E-state index contributed by atoms with van der Waals surface area (Å²) < 4.78 is 26.6. The summed E-state index contributed by atoms with van der Waals surface area (Å²) in [5.74, 6) is 1.56. The Morgan fingerprint density at radius 1 is 1.29 bits per heavy atom. The molecule has 1 aromatic carbocycles. The Hall–Kier alpha value is -2.50. The number of imidazole rings is 2. The molecule has 0 aliphatic rings. The van der Waals surface area contributed by atoms with E-state index in [1.165, 1.54) is 12.4 Å². The fraction of sp³-hybridized carbons (Fsp3) is 0.278. The normalized spacial score (nSPS) is 11.4. The molecule has 0 aliphatic heterocycles. The number of rotatable bonds is 6. The standard InChI is InChI=1S/C18H21F2N7.HI/c1-21-18(24-11-16-22-8-9-27(16)17(19)20)26(2)12-15-23-10-14(25-15)13-6-4-3-5-7-13;/h3-10,17H,11-12H2,1-2H3,(H,21,24)(H,23,25);1H. The molecule has 0 aliphatic carbocycles. The van der Waals surface area contributed by atoms with Crippen molar-refractivity contribution in [1.82, 2.24) is 29.7 Å². The first-order valence-corrected chi connectivity index (χ1v) is 8.39. The molecule has 0 saturated carbocycles. The number of halogens is 3. The molecule has 10 heteroatoms. The van der Waals surface area contributed by atoms with Crippen LogP contribution >= 0.6 is 24.0 Å². The molecule has 2 aromatic heterocycles. The SMILES string of the molecule is CN=C(NCc1nccn1C(F)F)N(C)Cc1ncc(-c2ccccc2)[nH]1.I. The third kappa shape index (κ3) is 5.27. The Bertz CT molecular complexity index is 892. The monoisotopic (exact) mass is 501 g/mol. The number of hydrogen-bond donors (Lipinski definition) is 2. The lowest BCUT2D eigenvalue weighted by molar-refractivity contribution is 0.0668. The lowest BCUT2D eigenvalue weighted by Crippen LogP contribution is -2.38. The summed E-state index contributed by atoms with van der Waals surface area (Å²) in [6.45, 7) is -2.00. The Balaban J connectivity index is 0.00000280. The van der Waals surface area contributed by atoms with E-state index in [2.05, 4.69) is 25.3 Å². The number of aromatic nitrogens is 4. The summed E-state index contributed by atoms with van der Waals surface area (Å²) in [5, 5.41) is 3.04. The van der Waals surface area contributed by atoms with Crippen molar-refractivity contribution in [1.29, 1.82) is 0 Å². The molecule has 7 nitrogen and oxygen atoms in total. The van der Waals surface area contributed by atoms with Gasteiger partial charge in [-0.3, -0.25) is 9.56 Å². The fourth-order valence-corrected chi connectivity index (χ4v) is 2.71. The summed E-state index contributed by atoms with van der Waals surface area (Å²) in [4.78, 5) is 17.7. The van der Waals surface area contributed by atoms with Crippen LogP contribution in [0.4, 0.5) is 8.78 Å². The number of alkyl halides is 2. The van der Waals surface area contributed by atoms with Crippen molar-refractivity contribution < 1.29 is 8.78 Å². The summed E-state index contributed by atoms with van der Waals surface area (Å²) in [6.07, 6.45) is 4.39. The predicted octanol–water partition coefficient (Wildman–Crippen LogP) is 3.49. The van der Waals surface area contributed by atoms with E-state index < -0.39 is 6.55 Å². The van der Waals surface area contributed by atoms with Gasteiger partial charge in [-0.2, -0.15) is 8.78 Å². The minimum absolute atomic E-state index is 0. The molecule has 3 rings (SSSR count). The molecule has 0 atom stereocenters. The van der Waals surface area contributed by atoms with Gasteiger partial charge in [0.05, 0.1) is 25.0 Å².